The van der Waals surface area contributed by atoms with Crippen molar-refractivity contribution in [3.63, 3.8) is 0 Å². The number of nitrogens with zero attached hydrogens (tertiary/aromatic N) is 1. The molecule has 0 unspecified atom stereocenters. The van der Waals surface area contributed by atoms with Crippen LogP contribution in [-0.2, 0) is 0 Å². The lowest BCUT2D eigenvalue weighted by atomic mass is 10.1. The number of aromatic nitrogens is 1. The highest BCUT2D eigenvalue weighted by Gasteiger charge is 2.11. The summed E-state index contributed by atoms with van der Waals surface area (Å²) in [5.74, 6) is -0.926. The van der Waals surface area contributed by atoms with Crippen molar-refractivity contribution in [2.24, 2.45) is 0 Å². The van der Waals surface area contributed by atoms with E-state index in [1.807, 2.05) is 25.1 Å². The average molecular weight is 304 g/mol. The number of benzene rings is 2. The minimum atomic E-state index is -0.926. The van der Waals surface area contributed by atoms with Crippen molar-refractivity contribution in [2.45, 2.75) is 6.92 Å². The van der Waals surface area contributed by atoms with Gasteiger partial charge in [-0.25, -0.2) is 9.78 Å². The number of aromatic carboxylic acids is 1. The molecule has 1 N–H and O–H groups in total. The molecule has 1 aromatic heterocycles. The number of halogens is 1. The van der Waals surface area contributed by atoms with Gasteiger partial charge < -0.3 is 5.11 Å². The predicted molar refractivity (Wildman–Crippen MR) is 81.8 cm³/mol. The quantitative estimate of drug-likeness (QED) is 0.751. The molecule has 0 amide bonds. The molecule has 0 aliphatic heterocycles. The van der Waals surface area contributed by atoms with Gasteiger partial charge in [-0.1, -0.05) is 17.7 Å². The van der Waals surface area contributed by atoms with Crippen molar-refractivity contribution in [1.29, 1.82) is 0 Å². The molecule has 100 valence electrons. The molecule has 0 bridgehead atoms. The zero-order valence-corrected chi connectivity index (χ0v) is 12.1. The fourth-order valence-electron chi connectivity index (χ4n) is 2.04. The molecular weight excluding hydrogens is 294 g/mol. The van der Waals surface area contributed by atoms with E-state index in [2.05, 4.69) is 4.98 Å². The Morgan fingerprint density at radius 1 is 1.25 bits per heavy atom. The summed E-state index contributed by atoms with van der Waals surface area (Å²) in [5.41, 5.74) is 3.16. The van der Waals surface area contributed by atoms with Crippen molar-refractivity contribution in [1.82, 2.24) is 4.98 Å². The van der Waals surface area contributed by atoms with Crippen LogP contribution in [0.5, 0.6) is 0 Å². The molecule has 0 spiro atoms. The molecular formula is C15H10ClNO2S. The Hall–Kier alpha value is -1.91. The molecule has 2 aromatic carbocycles. The van der Waals surface area contributed by atoms with Crippen LogP contribution in [0.2, 0.25) is 5.02 Å². The van der Waals surface area contributed by atoms with Gasteiger partial charge in [-0.05, 0) is 42.8 Å². The summed E-state index contributed by atoms with van der Waals surface area (Å²) < 4.78 is 0.870. The van der Waals surface area contributed by atoms with Gasteiger partial charge in [-0.15, -0.1) is 11.3 Å². The third-order valence-electron chi connectivity index (χ3n) is 3.05. The van der Waals surface area contributed by atoms with E-state index in [-0.39, 0.29) is 5.56 Å². The average Bonchev–Trinajstić information content (AvgIpc) is 2.80. The van der Waals surface area contributed by atoms with Gasteiger partial charge in [0.05, 0.1) is 15.8 Å². The fourth-order valence-corrected chi connectivity index (χ4v) is 3.36. The molecule has 0 saturated heterocycles. The minimum absolute atomic E-state index is 0.278. The number of hydrogen-bond acceptors (Lipinski definition) is 3. The second-order valence-corrected chi connectivity index (χ2v) is 5.93. The smallest absolute Gasteiger partial charge is 0.335 e. The second-order valence-electron chi connectivity index (χ2n) is 4.47. The highest BCUT2D eigenvalue weighted by Crippen LogP contribution is 2.33. The van der Waals surface area contributed by atoms with Gasteiger partial charge in [-0.3, -0.25) is 0 Å². The van der Waals surface area contributed by atoms with Gasteiger partial charge in [0.1, 0.15) is 5.01 Å². The van der Waals surface area contributed by atoms with Gasteiger partial charge in [0.2, 0.25) is 0 Å². The Kier molecular flexibility index (Phi) is 3.20. The maximum absolute atomic E-state index is 11.0. The zero-order chi connectivity index (χ0) is 14.3. The highest BCUT2D eigenvalue weighted by atomic mass is 35.5. The lowest BCUT2D eigenvalue weighted by Crippen LogP contribution is -1.94. The summed E-state index contributed by atoms with van der Waals surface area (Å²) >= 11 is 7.44. The molecule has 0 aliphatic rings. The molecule has 0 fully saturated rings. The van der Waals surface area contributed by atoms with Crippen LogP contribution in [0.1, 0.15) is 15.9 Å². The summed E-state index contributed by atoms with van der Waals surface area (Å²) in [4.78, 5) is 15.5. The number of carboxylic acid groups (broad SMARTS) is 1. The van der Waals surface area contributed by atoms with Crippen LogP contribution in [-0.4, -0.2) is 16.1 Å². The first-order chi connectivity index (χ1) is 9.54. The van der Waals surface area contributed by atoms with Crippen molar-refractivity contribution in [2.75, 3.05) is 0 Å². The Bertz CT molecular complexity index is 826. The number of carbonyl (C=O) groups is 1. The molecule has 0 atom stereocenters. The summed E-state index contributed by atoms with van der Waals surface area (Å²) in [7, 11) is 0. The molecule has 5 heteroatoms. The third-order valence-corrected chi connectivity index (χ3v) is 4.34. The SMILES string of the molecule is Cc1cc(Cl)ccc1-c1nc2ccc(C(=O)O)cc2s1. The Morgan fingerprint density at radius 3 is 2.75 bits per heavy atom. The van der Waals surface area contributed by atoms with E-state index in [0.29, 0.717) is 5.02 Å². The van der Waals surface area contributed by atoms with E-state index in [9.17, 15) is 4.79 Å². The molecule has 3 nitrogen and oxygen atoms in total. The molecule has 3 aromatic rings. The summed E-state index contributed by atoms with van der Waals surface area (Å²) in [5, 5.41) is 10.6. The van der Waals surface area contributed by atoms with E-state index in [1.54, 1.807) is 18.2 Å². The molecule has 0 aliphatic carbocycles. The number of thiazole rings is 1. The van der Waals surface area contributed by atoms with E-state index < -0.39 is 5.97 Å². The van der Waals surface area contributed by atoms with E-state index >= 15 is 0 Å². The largest absolute Gasteiger partial charge is 0.478 e. The van der Waals surface area contributed by atoms with Crippen LogP contribution in [0.25, 0.3) is 20.8 Å². The molecule has 0 saturated carbocycles. The monoisotopic (exact) mass is 303 g/mol. The first kappa shape index (κ1) is 13.1. The normalized spacial score (nSPS) is 10.9. The number of hydrogen-bond donors (Lipinski definition) is 1. The van der Waals surface area contributed by atoms with Gasteiger partial charge in [-0.2, -0.15) is 0 Å². The molecule has 20 heavy (non-hydrogen) atoms. The maximum atomic E-state index is 11.0. The van der Waals surface area contributed by atoms with Crippen molar-refractivity contribution in [3.05, 3.63) is 52.5 Å². The van der Waals surface area contributed by atoms with E-state index in [4.69, 9.17) is 16.7 Å². The first-order valence-corrected chi connectivity index (χ1v) is 7.14. The summed E-state index contributed by atoms with van der Waals surface area (Å²) in [6, 6.07) is 10.6. The number of rotatable bonds is 2. The Balaban J connectivity index is 2.15. The first-order valence-electron chi connectivity index (χ1n) is 5.95. The minimum Gasteiger partial charge on any atom is -0.478 e. The van der Waals surface area contributed by atoms with Gasteiger partial charge in [0, 0.05) is 10.6 Å². The molecule has 1 heterocycles. The van der Waals surface area contributed by atoms with Crippen LogP contribution in [0.3, 0.4) is 0 Å². The van der Waals surface area contributed by atoms with Gasteiger partial charge in [0.25, 0.3) is 0 Å². The number of fused-ring (bicyclic) bond motifs is 1. The summed E-state index contributed by atoms with van der Waals surface area (Å²) in [6.45, 7) is 1.98. The predicted octanol–water partition coefficient (Wildman–Crippen LogP) is 4.62. The molecule has 0 radical (unpaired) electrons. The maximum Gasteiger partial charge on any atom is 0.335 e. The van der Waals surface area contributed by atoms with Crippen LogP contribution < -0.4 is 0 Å². The van der Waals surface area contributed by atoms with Crippen LogP contribution in [0.15, 0.2) is 36.4 Å². The standard InChI is InChI=1S/C15H10ClNO2S/c1-8-6-10(16)3-4-11(8)14-17-12-5-2-9(15(18)19)7-13(12)20-14/h2-7H,1H3,(H,18,19). The Morgan fingerprint density at radius 2 is 2.05 bits per heavy atom. The van der Waals surface area contributed by atoms with Crippen molar-refractivity contribution in [3.8, 4) is 10.6 Å². The molecule has 3 rings (SSSR count). The topological polar surface area (TPSA) is 50.2 Å². The lowest BCUT2D eigenvalue weighted by molar-refractivity contribution is 0.0697. The van der Waals surface area contributed by atoms with E-state index in [1.165, 1.54) is 11.3 Å². The zero-order valence-electron chi connectivity index (χ0n) is 10.6. The van der Waals surface area contributed by atoms with E-state index in [0.717, 1.165) is 26.4 Å². The van der Waals surface area contributed by atoms with Crippen molar-refractivity contribution >= 4 is 39.1 Å². The van der Waals surface area contributed by atoms with Crippen LogP contribution in [0, 0.1) is 6.92 Å². The highest BCUT2D eigenvalue weighted by molar-refractivity contribution is 7.21. The number of carboxylic acids is 1. The Labute approximate surface area is 124 Å². The number of aryl methyl sites for hydroxylation is 1. The van der Waals surface area contributed by atoms with Crippen LogP contribution >= 0.6 is 22.9 Å². The van der Waals surface area contributed by atoms with Crippen LogP contribution in [0.4, 0.5) is 0 Å². The lowest BCUT2D eigenvalue weighted by Gasteiger charge is -2.01. The van der Waals surface area contributed by atoms with Crippen molar-refractivity contribution < 1.29 is 9.90 Å². The van der Waals surface area contributed by atoms with Gasteiger partial charge in [0.15, 0.2) is 0 Å². The third kappa shape index (κ3) is 2.28. The second kappa shape index (κ2) is 4.89. The van der Waals surface area contributed by atoms with Gasteiger partial charge >= 0.3 is 5.97 Å². The fraction of sp³-hybridized carbons (Fsp3) is 0.0667. The summed E-state index contributed by atoms with van der Waals surface area (Å²) in [6.07, 6.45) is 0.